The third-order valence-corrected chi connectivity index (χ3v) is 5.22. The van der Waals surface area contributed by atoms with Crippen LogP contribution in [0, 0.1) is 0 Å². The Bertz CT molecular complexity index is 838. The number of carbonyl (C=O) groups excluding carboxylic acids is 1. The second-order valence-electron chi connectivity index (χ2n) is 5.52. The number of furan rings is 1. The smallest absolute Gasteiger partial charge is 0.286 e. The van der Waals surface area contributed by atoms with Crippen LogP contribution in [0.4, 0.5) is 5.69 Å². The fourth-order valence-corrected chi connectivity index (χ4v) is 3.70. The van der Waals surface area contributed by atoms with Crippen molar-refractivity contribution in [1.29, 1.82) is 0 Å². The normalized spacial score (nSPS) is 16.2. The fraction of sp³-hybridized carbons (Fsp3) is 0.211. The van der Waals surface area contributed by atoms with Gasteiger partial charge >= 0.3 is 0 Å². The molecule has 1 aliphatic heterocycles. The number of hydrazone groups is 1. The number of benzene rings is 1. The summed E-state index contributed by atoms with van der Waals surface area (Å²) in [6, 6.07) is 11.6. The van der Waals surface area contributed by atoms with Crippen LogP contribution in [0.2, 0.25) is 0 Å². The lowest BCUT2D eigenvalue weighted by atomic mass is 10.2. The van der Waals surface area contributed by atoms with Gasteiger partial charge in [0.2, 0.25) is 0 Å². The Labute approximate surface area is 162 Å². The number of nitrogens with zero attached hydrogens (tertiary/aromatic N) is 3. The lowest BCUT2D eigenvalue weighted by Crippen LogP contribution is -2.22. The Balaban J connectivity index is 1.72. The summed E-state index contributed by atoms with van der Waals surface area (Å²) < 4.78 is 5.65. The van der Waals surface area contributed by atoms with Gasteiger partial charge in [0.05, 0.1) is 17.4 Å². The van der Waals surface area contributed by atoms with Crippen LogP contribution in [0.3, 0.4) is 0 Å². The van der Waals surface area contributed by atoms with Crippen molar-refractivity contribution < 1.29 is 9.21 Å². The second kappa shape index (κ2) is 8.33. The zero-order valence-electron chi connectivity index (χ0n) is 14.6. The topological polar surface area (TPSA) is 49.0 Å². The van der Waals surface area contributed by atoms with Crippen LogP contribution < -0.4 is 4.90 Å². The van der Waals surface area contributed by atoms with Gasteiger partial charge in [-0.3, -0.25) is 4.79 Å². The van der Waals surface area contributed by atoms with E-state index in [0.717, 1.165) is 18.7 Å². The molecule has 0 radical (unpaired) electrons. The largest absolute Gasteiger partial charge is 0.465 e. The van der Waals surface area contributed by atoms with Crippen LogP contribution in [0.15, 0.2) is 57.1 Å². The van der Waals surface area contributed by atoms with E-state index in [1.807, 2.05) is 12.1 Å². The number of thioether (sulfide) groups is 1. The Hall–Kier alpha value is -2.38. The van der Waals surface area contributed by atoms with Crippen LogP contribution >= 0.6 is 24.0 Å². The van der Waals surface area contributed by atoms with E-state index in [1.165, 1.54) is 22.5 Å². The van der Waals surface area contributed by atoms with E-state index in [9.17, 15) is 4.79 Å². The standard InChI is InChI=1S/C19H19N3O2S2/c1-3-21(4-2)15-9-7-14(8-10-15)13-20-22-18(23)17(26-19(22)25)12-16-6-5-11-24-16/h5-13H,3-4H2,1-2H3. The Morgan fingerprint density at radius 2 is 1.96 bits per heavy atom. The number of hydrogen-bond acceptors (Lipinski definition) is 6. The molecule has 0 spiro atoms. The average Bonchev–Trinajstić information content (AvgIpc) is 3.25. The Morgan fingerprint density at radius 1 is 1.23 bits per heavy atom. The van der Waals surface area contributed by atoms with E-state index in [-0.39, 0.29) is 5.91 Å². The van der Waals surface area contributed by atoms with Gasteiger partial charge in [-0.25, -0.2) is 0 Å². The third kappa shape index (κ3) is 4.05. The van der Waals surface area contributed by atoms with Gasteiger partial charge in [0.15, 0.2) is 4.32 Å². The predicted molar refractivity (Wildman–Crippen MR) is 111 cm³/mol. The summed E-state index contributed by atoms with van der Waals surface area (Å²) in [4.78, 5) is 15.2. The lowest BCUT2D eigenvalue weighted by Gasteiger charge is -2.20. The summed E-state index contributed by atoms with van der Waals surface area (Å²) in [6.07, 6.45) is 4.88. The minimum Gasteiger partial charge on any atom is -0.465 e. The van der Waals surface area contributed by atoms with Crippen molar-refractivity contribution in [3.63, 3.8) is 0 Å². The van der Waals surface area contributed by atoms with Crippen molar-refractivity contribution in [1.82, 2.24) is 5.01 Å². The molecule has 1 saturated heterocycles. The minimum absolute atomic E-state index is 0.243. The van der Waals surface area contributed by atoms with E-state index in [1.54, 1.807) is 30.7 Å². The molecule has 0 aliphatic carbocycles. The maximum Gasteiger partial charge on any atom is 0.286 e. The zero-order valence-corrected chi connectivity index (χ0v) is 16.2. The molecule has 0 bridgehead atoms. The van der Waals surface area contributed by atoms with Crippen LogP contribution in [0.5, 0.6) is 0 Å². The van der Waals surface area contributed by atoms with Gasteiger partial charge in [0.1, 0.15) is 5.76 Å². The van der Waals surface area contributed by atoms with Gasteiger partial charge in [-0.15, -0.1) is 0 Å². The molecule has 134 valence electrons. The van der Waals surface area contributed by atoms with E-state index < -0.39 is 0 Å². The quantitative estimate of drug-likeness (QED) is 0.420. The van der Waals surface area contributed by atoms with Crippen molar-refractivity contribution in [2.24, 2.45) is 5.10 Å². The highest BCUT2D eigenvalue weighted by Gasteiger charge is 2.32. The van der Waals surface area contributed by atoms with Crippen LogP contribution in [0.1, 0.15) is 25.2 Å². The van der Waals surface area contributed by atoms with Crippen LogP contribution in [-0.2, 0) is 4.79 Å². The van der Waals surface area contributed by atoms with Gasteiger partial charge in [0, 0.05) is 24.9 Å². The van der Waals surface area contributed by atoms with Crippen LogP contribution in [0.25, 0.3) is 6.08 Å². The SMILES string of the molecule is CCN(CC)c1ccc(C=NN2C(=O)C(=Cc3ccco3)SC2=S)cc1. The van der Waals surface area contributed by atoms with Crippen LogP contribution in [-0.4, -0.2) is 34.5 Å². The first-order valence-electron chi connectivity index (χ1n) is 8.32. The number of carbonyl (C=O) groups is 1. The van der Waals surface area contributed by atoms with Crippen molar-refractivity contribution in [2.45, 2.75) is 13.8 Å². The van der Waals surface area contributed by atoms with Gasteiger partial charge in [-0.2, -0.15) is 10.1 Å². The molecule has 2 heterocycles. The second-order valence-corrected chi connectivity index (χ2v) is 7.19. The number of rotatable bonds is 6. The molecule has 1 amide bonds. The molecular weight excluding hydrogens is 366 g/mol. The highest BCUT2D eigenvalue weighted by Crippen LogP contribution is 2.32. The highest BCUT2D eigenvalue weighted by atomic mass is 32.2. The summed E-state index contributed by atoms with van der Waals surface area (Å²) in [5, 5.41) is 5.50. The highest BCUT2D eigenvalue weighted by molar-refractivity contribution is 8.26. The minimum atomic E-state index is -0.243. The molecular formula is C19H19N3O2S2. The maximum atomic E-state index is 12.5. The molecule has 1 aromatic heterocycles. The van der Waals surface area contributed by atoms with E-state index >= 15 is 0 Å². The molecule has 1 fully saturated rings. The molecule has 0 unspecified atom stereocenters. The Morgan fingerprint density at radius 3 is 2.58 bits per heavy atom. The molecule has 2 aromatic rings. The molecule has 5 nitrogen and oxygen atoms in total. The van der Waals surface area contributed by atoms with Gasteiger partial charge in [-0.05, 0) is 55.9 Å². The first-order chi connectivity index (χ1) is 12.6. The zero-order chi connectivity index (χ0) is 18.5. The fourth-order valence-electron chi connectivity index (χ4n) is 2.55. The summed E-state index contributed by atoms with van der Waals surface area (Å²) >= 11 is 6.48. The molecule has 26 heavy (non-hydrogen) atoms. The summed E-state index contributed by atoms with van der Waals surface area (Å²) in [5.41, 5.74) is 2.07. The summed E-state index contributed by atoms with van der Waals surface area (Å²) in [5.74, 6) is 0.369. The molecule has 1 aromatic carbocycles. The molecule has 0 N–H and O–H groups in total. The Kier molecular flexibility index (Phi) is 5.90. The monoisotopic (exact) mass is 385 g/mol. The number of thiocarbonyl (C=S) groups is 1. The van der Waals surface area contributed by atoms with Gasteiger partial charge < -0.3 is 9.32 Å². The first kappa shape index (κ1) is 18.4. The first-order valence-corrected chi connectivity index (χ1v) is 9.55. The lowest BCUT2D eigenvalue weighted by molar-refractivity contribution is -0.122. The molecule has 0 saturated carbocycles. The van der Waals surface area contributed by atoms with E-state index in [4.69, 9.17) is 16.6 Å². The summed E-state index contributed by atoms with van der Waals surface area (Å²) in [6.45, 7) is 6.18. The molecule has 3 rings (SSSR count). The van der Waals surface area contributed by atoms with Crippen molar-refractivity contribution in [3.8, 4) is 0 Å². The maximum absolute atomic E-state index is 12.5. The van der Waals surface area contributed by atoms with Crippen molar-refractivity contribution in [2.75, 3.05) is 18.0 Å². The van der Waals surface area contributed by atoms with Crippen molar-refractivity contribution in [3.05, 3.63) is 58.9 Å². The van der Waals surface area contributed by atoms with Crippen molar-refractivity contribution >= 4 is 52.2 Å². The van der Waals surface area contributed by atoms with E-state index in [2.05, 4.69) is 36.0 Å². The van der Waals surface area contributed by atoms with E-state index in [0.29, 0.717) is 15.0 Å². The molecule has 1 aliphatic rings. The average molecular weight is 386 g/mol. The molecule has 0 atom stereocenters. The number of hydrogen-bond donors (Lipinski definition) is 0. The van der Waals surface area contributed by atoms with Gasteiger partial charge in [0.25, 0.3) is 5.91 Å². The van der Waals surface area contributed by atoms with Gasteiger partial charge in [-0.1, -0.05) is 23.9 Å². The summed E-state index contributed by atoms with van der Waals surface area (Å²) in [7, 11) is 0. The number of anilines is 1. The number of amides is 1. The molecule has 7 heteroatoms. The predicted octanol–water partition coefficient (Wildman–Crippen LogP) is 4.36. The third-order valence-electron chi connectivity index (χ3n) is 3.93.